The Morgan fingerprint density at radius 1 is 0.800 bits per heavy atom. The van der Waals surface area contributed by atoms with Crippen LogP contribution >= 0.6 is 0 Å². The Kier molecular flexibility index (Phi) is 9.54. The van der Waals surface area contributed by atoms with Crippen molar-refractivity contribution in [3.05, 3.63) is 0 Å². The third-order valence-corrected chi connectivity index (χ3v) is 4.76. The SMILES string of the molecule is CCCCCCCCCCCCN1CCC(C)(O)CC1. The van der Waals surface area contributed by atoms with Crippen LogP contribution in [0.2, 0.25) is 0 Å². The van der Waals surface area contributed by atoms with Crippen molar-refractivity contribution in [2.24, 2.45) is 0 Å². The first-order valence-electron chi connectivity index (χ1n) is 9.09. The molecule has 2 heteroatoms. The molecule has 1 heterocycles. The van der Waals surface area contributed by atoms with Crippen LogP contribution in [0.5, 0.6) is 0 Å². The van der Waals surface area contributed by atoms with Crippen molar-refractivity contribution in [2.75, 3.05) is 19.6 Å². The molecule has 0 bridgehead atoms. The summed E-state index contributed by atoms with van der Waals surface area (Å²) in [6, 6.07) is 0. The molecule has 0 atom stereocenters. The molecular weight excluding hydrogens is 246 g/mol. The van der Waals surface area contributed by atoms with Gasteiger partial charge in [-0.3, -0.25) is 0 Å². The minimum absolute atomic E-state index is 0.395. The molecule has 1 aliphatic rings. The van der Waals surface area contributed by atoms with Gasteiger partial charge in [0.25, 0.3) is 0 Å². The molecule has 0 aliphatic carbocycles. The predicted molar refractivity (Wildman–Crippen MR) is 88.1 cm³/mol. The van der Waals surface area contributed by atoms with Gasteiger partial charge in [-0.1, -0.05) is 64.7 Å². The zero-order chi connectivity index (χ0) is 14.7. The van der Waals surface area contributed by atoms with E-state index in [4.69, 9.17) is 0 Å². The van der Waals surface area contributed by atoms with Gasteiger partial charge in [0.15, 0.2) is 0 Å². The largest absolute Gasteiger partial charge is 0.390 e. The molecule has 0 aromatic carbocycles. The van der Waals surface area contributed by atoms with Gasteiger partial charge in [0.05, 0.1) is 5.60 Å². The van der Waals surface area contributed by atoms with Gasteiger partial charge >= 0.3 is 0 Å². The summed E-state index contributed by atoms with van der Waals surface area (Å²) >= 11 is 0. The fourth-order valence-corrected chi connectivity index (χ4v) is 3.08. The number of unbranched alkanes of at least 4 members (excludes halogenated alkanes) is 9. The molecule has 0 unspecified atom stereocenters. The van der Waals surface area contributed by atoms with Crippen LogP contribution in [-0.2, 0) is 0 Å². The quantitative estimate of drug-likeness (QED) is 0.553. The van der Waals surface area contributed by atoms with Crippen LogP contribution in [0, 0.1) is 0 Å². The van der Waals surface area contributed by atoms with Crippen molar-refractivity contribution in [3.63, 3.8) is 0 Å². The van der Waals surface area contributed by atoms with Gasteiger partial charge in [0.2, 0.25) is 0 Å². The number of likely N-dealkylation sites (tertiary alicyclic amines) is 1. The van der Waals surface area contributed by atoms with Crippen molar-refractivity contribution < 1.29 is 5.11 Å². The monoisotopic (exact) mass is 283 g/mol. The molecule has 2 nitrogen and oxygen atoms in total. The molecule has 0 saturated carbocycles. The average molecular weight is 284 g/mol. The zero-order valence-electron chi connectivity index (χ0n) is 14.0. The van der Waals surface area contributed by atoms with E-state index in [2.05, 4.69) is 11.8 Å². The number of nitrogens with zero attached hydrogens (tertiary/aromatic N) is 1. The highest BCUT2D eigenvalue weighted by Gasteiger charge is 2.26. The Morgan fingerprint density at radius 3 is 1.75 bits per heavy atom. The summed E-state index contributed by atoms with van der Waals surface area (Å²) in [6.45, 7) is 7.68. The third kappa shape index (κ3) is 8.97. The van der Waals surface area contributed by atoms with Crippen molar-refractivity contribution in [3.8, 4) is 0 Å². The van der Waals surface area contributed by atoms with Crippen LogP contribution in [-0.4, -0.2) is 35.2 Å². The first-order chi connectivity index (χ1) is 9.64. The van der Waals surface area contributed by atoms with E-state index < -0.39 is 5.60 Å². The van der Waals surface area contributed by atoms with Crippen LogP contribution in [0.15, 0.2) is 0 Å². The van der Waals surface area contributed by atoms with Crippen LogP contribution in [0.3, 0.4) is 0 Å². The molecule has 1 saturated heterocycles. The number of hydrogen-bond acceptors (Lipinski definition) is 2. The summed E-state index contributed by atoms with van der Waals surface area (Å²) in [5, 5.41) is 9.91. The second kappa shape index (κ2) is 10.6. The molecular formula is C18H37NO. The molecule has 20 heavy (non-hydrogen) atoms. The average Bonchev–Trinajstić information content (AvgIpc) is 2.42. The summed E-state index contributed by atoms with van der Waals surface area (Å²) in [4.78, 5) is 2.53. The van der Waals surface area contributed by atoms with E-state index >= 15 is 0 Å². The maximum Gasteiger partial charge on any atom is 0.0644 e. The predicted octanol–water partition coefficient (Wildman–Crippen LogP) is 4.75. The summed E-state index contributed by atoms with van der Waals surface area (Å²) in [7, 11) is 0. The number of hydrogen-bond donors (Lipinski definition) is 1. The van der Waals surface area contributed by atoms with Crippen LogP contribution in [0.1, 0.15) is 90.9 Å². The first kappa shape index (κ1) is 18.0. The van der Waals surface area contributed by atoms with Crippen molar-refractivity contribution in [2.45, 2.75) is 96.5 Å². The highest BCUT2D eigenvalue weighted by Crippen LogP contribution is 2.21. The molecule has 120 valence electrons. The van der Waals surface area contributed by atoms with E-state index in [1.807, 2.05) is 6.92 Å². The van der Waals surface area contributed by atoms with Gasteiger partial charge in [-0.15, -0.1) is 0 Å². The summed E-state index contributed by atoms with van der Waals surface area (Å²) in [6.07, 6.45) is 16.0. The fraction of sp³-hybridized carbons (Fsp3) is 1.00. The van der Waals surface area contributed by atoms with E-state index in [0.717, 1.165) is 25.9 Å². The molecule has 0 aromatic heterocycles. The van der Waals surface area contributed by atoms with Gasteiger partial charge in [-0.05, 0) is 32.7 Å². The minimum Gasteiger partial charge on any atom is -0.390 e. The van der Waals surface area contributed by atoms with E-state index in [9.17, 15) is 5.11 Å². The van der Waals surface area contributed by atoms with Crippen molar-refractivity contribution in [1.82, 2.24) is 4.90 Å². The third-order valence-electron chi connectivity index (χ3n) is 4.76. The Balaban J connectivity index is 1.81. The molecule has 1 aliphatic heterocycles. The Morgan fingerprint density at radius 2 is 1.25 bits per heavy atom. The smallest absolute Gasteiger partial charge is 0.0644 e. The van der Waals surface area contributed by atoms with E-state index in [0.29, 0.717) is 0 Å². The molecule has 0 spiro atoms. The maximum atomic E-state index is 9.91. The zero-order valence-corrected chi connectivity index (χ0v) is 14.0. The lowest BCUT2D eigenvalue weighted by Gasteiger charge is -2.35. The molecule has 0 aromatic rings. The van der Waals surface area contributed by atoms with E-state index in [1.165, 1.54) is 70.8 Å². The fourth-order valence-electron chi connectivity index (χ4n) is 3.08. The highest BCUT2D eigenvalue weighted by atomic mass is 16.3. The minimum atomic E-state index is -0.395. The molecule has 1 fully saturated rings. The van der Waals surface area contributed by atoms with Gasteiger partial charge in [0.1, 0.15) is 0 Å². The first-order valence-corrected chi connectivity index (χ1v) is 9.09. The van der Waals surface area contributed by atoms with E-state index in [-0.39, 0.29) is 0 Å². The van der Waals surface area contributed by atoms with E-state index in [1.54, 1.807) is 0 Å². The number of rotatable bonds is 11. The lowest BCUT2D eigenvalue weighted by molar-refractivity contribution is -0.00554. The van der Waals surface area contributed by atoms with Gasteiger partial charge in [-0.2, -0.15) is 0 Å². The van der Waals surface area contributed by atoms with Crippen LogP contribution < -0.4 is 0 Å². The van der Waals surface area contributed by atoms with Gasteiger partial charge in [0, 0.05) is 13.1 Å². The summed E-state index contributed by atoms with van der Waals surface area (Å²) in [5.41, 5.74) is -0.395. The van der Waals surface area contributed by atoms with Gasteiger partial charge < -0.3 is 10.0 Å². The normalized spacial score (nSPS) is 19.4. The topological polar surface area (TPSA) is 23.5 Å². The molecule has 0 amide bonds. The Labute approximate surface area is 126 Å². The van der Waals surface area contributed by atoms with Crippen LogP contribution in [0.4, 0.5) is 0 Å². The Bertz CT molecular complexity index is 217. The van der Waals surface area contributed by atoms with Gasteiger partial charge in [-0.25, -0.2) is 0 Å². The van der Waals surface area contributed by atoms with Crippen molar-refractivity contribution >= 4 is 0 Å². The standard InChI is InChI=1S/C18H37NO/c1-3-4-5-6-7-8-9-10-11-12-15-19-16-13-18(2,20)14-17-19/h20H,3-17H2,1-2H3. The lowest BCUT2D eigenvalue weighted by Crippen LogP contribution is -2.42. The molecule has 0 radical (unpaired) electrons. The second-order valence-electron chi connectivity index (χ2n) is 7.02. The Hall–Kier alpha value is -0.0800. The number of aliphatic hydroxyl groups is 1. The lowest BCUT2D eigenvalue weighted by atomic mass is 9.94. The van der Waals surface area contributed by atoms with Crippen molar-refractivity contribution in [1.29, 1.82) is 0 Å². The summed E-state index contributed by atoms with van der Waals surface area (Å²) < 4.78 is 0. The molecule has 1 N–H and O–H groups in total. The molecule has 1 rings (SSSR count). The maximum absolute atomic E-state index is 9.91. The summed E-state index contributed by atoms with van der Waals surface area (Å²) in [5.74, 6) is 0. The number of piperidine rings is 1. The highest BCUT2D eigenvalue weighted by molar-refractivity contribution is 4.81. The van der Waals surface area contributed by atoms with Crippen LogP contribution in [0.25, 0.3) is 0 Å². The second-order valence-corrected chi connectivity index (χ2v) is 7.02.